The Kier molecular flexibility index (Phi) is 9.48. The number of amides is 3. The first-order chi connectivity index (χ1) is 19.4. The molecule has 0 aromatic heterocycles. The number of nitrogens with one attached hydrogen (secondary N) is 3. The molecule has 0 bridgehead atoms. The van der Waals surface area contributed by atoms with Crippen LogP contribution in [0.3, 0.4) is 0 Å². The third-order valence-electron chi connectivity index (χ3n) is 7.28. The van der Waals surface area contributed by atoms with E-state index in [1.54, 1.807) is 30.3 Å². The van der Waals surface area contributed by atoms with Gasteiger partial charge in [0.2, 0.25) is 0 Å². The van der Waals surface area contributed by atoms with Gasteiger partial charge in [0.25, 0.3) is 5.91 Å². The average molecular weight is 540 g/mol. The van der Waals surface area contributed by atoms with E-state index in [-0.39, 0.29) is 24.8 Å². The third-order valence-corrected chi connectivity index (χ3v) is 7.28. The fraction of sp³-hybridized carbons (Fsp3) is 0.333. The molecule has 0 radical (unpaired) electrons. The Morgan fingerprint density at radius 2 is 1.48 bits per heavy atom. The maximum absolute atomic E-state index is 13.4. The van der Waals surface area contributed by atoms with Crippen LogP contribution < -0.4 is 16.0 Å². The van der Waals surface area contributed by atoms with Crippen molar-refractivity contribution in [3.8, 4) is 0 Å². The number of hydrogen-bond donors (Lipinski definition) is 3. The van der Waals surface area contributed by atoms with Crippen LogP contribution in [0.25, 0.3) is 10.8 Å². The number of ketones is 1. The zero-order valence-corrected chi connectivity index (χ0v) is 23.2. The van der Waals surface area contributed by atoms with Crippen LogP contribution in [-0.2, 0) is 26.5 Å². The molecule has 1 fully saturated rings. The number of fused-ring (bicyclic) bond motifs is 1. The highest BCUT2D eigenvalue weighted by Gasteiger charge is 2.46. The first-order valence-corrected chi connectivity index (χ1v) is 14.0. The molecule has 0 atom stereocenters. The van der Waals surface area contributed by atoms with Crippen molar-refractivity contribution in [1.82, 2.24) is 16.0 Å². The zero-order chi connectivity index (χ0) is 28.5. The molecule has 7 nitrogen and oxygen atoms in total. The minimum atomic E-state index is -0.796. The molecule has 0 unspecified atom stereocenters. The third kappa shape index (κ3) is 7.03. The molecule has 0 saturated heterocycles. The molecule has 3 N–H and O–H groups in total. The molecule has 3 amide bonds. The van der Waals surface area contributed by atoms with Gasteiger partial charge in [0, 0.05) is 25.1 Å². The van der Waals surface area contributed by atoms with Gasteiger partial charge in [-0.1, -0.05) is 80.9 Å². The van der Waals surface area contributed by atoms with E-state index in [1.165, 1.54) is 0 Å². The van der Waals surface area contributed by atoms with Crippen LogP contribution in [0.1, 0.15) is 73.9 Å². The van der Waals surface area contributed by atoms with Crippen molar-refractivity contribution in [2.45, 2.75) is 64.5 Å². The van der Waals surface area contributed by atoms with Crippen LogP contribution in [0.15, 0.2) is 78.4 Å². The zero-order valence-electron chi connectivity index (χ0n) is 23.2. The lowest BCUT2D eigenvalue weighted by atomic mass is 9.99. The van der Waals surface area contributed by atoms with Crippen molar-refractivity contribution in [1.29, 1.82) is 0 Å². The number of rotatable bonds is 12. The Balaban J connectivity index is 1.35. The van der Waals surface area contributed by atoms with Crippen molar-refractivity contribution in [2.75, 3.05) is 6.54 Å². The fourth-order valence-electron chi connectivity index (χ4n) is 4.89. The quantitative estimate of drug-likeness (QED) is 0.220. The number of carbonyl (C=O) groups is 4. The molecular weight excluding hydrogens is 502 g/mol. The first-order valence-electron chi connectivity index (χ1n) is 14.0. The largest absolute Gasteiger partial charge is 0.344 e. The Hall–Kier alpha value is -4.26. The number of hydrogen-bond acceptors (Lipinski definition) is 4. The predicted molar refractivity (Wildman–Crippen MR) is 157 cm³/mol. The summed E-state index contributed by atoms with van der Waals surface area (Å²) in [5.41, 5.74) is 2.43. The molecule has 1 aliphatic carbocycles. The SMILES string of the molecule is CCCC(=O)/C(=C/CNC(=O)C(=O)NCc1ccccc1C(=O)NC1(c2ccc3ccccc3c2)CC1)CCC. The van der Waals surface area contributed by atoms with Crippen LogP contribution in [-0.4, -0.2) is 30.0 Å². The van der Waals surface area contributed by atoms with Crippen LogP contribution in [0, 0.1) is 0 Å². The van der Waals surface area contributed by atoms with E-state index in [0.717, 1.165) is 42.0 Å². The molecule has 1 saturated carbocycles. The van der Waals surface area contributed by atoms with Crippen molar-refractivity contribution in [3.05, 3.63) is 95.1 Å². The van der Waals surface area contributed by atoms with E-state index >= 15 is 0 Å². The molecule has 40 heavy (non-hydrogen) atoms. The summed E-state index contributed by atoms with van der Waals surface area (Å²) in [6, 6.07) is 21.5. The smallest absolute Gasteiger partial charge is 0.309 e. The van der Waals surface area contributed by atoms with Gasteiger partial charge in [-0.05, 0) is 65.3 Å². The van der Waals surface area contributed by atoms with Gasteiger partial charge in [0.15, 0.2) is 5.78 Å². The van der Waals surface area contributed by atoms with Gasteiger partial charge in [-0.2, -0.15) is 0 Å². The van der Waals surface area contributed by atoms with Gasteiger partial charge < -0.3 is 16.0 Å². The van der Waals surface area contributed by atoms with E-state index in [4.69, 9.17) is 0 Å². The van der Waals surface area contributed by atoms with Gasteiger partial charge in [-0.25, -0.2) is 0 Å². The van der Waals surface area contributed by atoms with Crippen molar-refractivity contribution in [2.24, 2.45) is 0 Å². The first kappa shape index (κ1) is 28.7. The molecule has 208 valence electrons. The number of benzene rings is 3. The van der Waals surface area contributed by atoms with Gasteiger partial charge in [0.05, 0.1) is 5.54 Å². The topological polar surface area (TPSA) is 104 Å². The molecule has 0 heterocycles. The molecule has 7 heteroatoms. The highest BCUT2D eigenvalue weighted by atomic mass is 16.2. The van der Waals surface area contributed by atoms with Crippen LogP contribution in [0.2, 0.25) is 0 Å². The van der Waals surface area contributed by atoms with E-state index in [1.807, 2.05) is 26.0 Å². The van der Waals surface area contributed by atoms with Crippen molar-refractivity contribution >= 4 is 34.3 Å². The lowest BCUT2D eigenvalue weighted by Gasteiger charge is -2.20. The summed E-state index contributed by atoms with van der Waals surface area (Å²) in [7, 11) is 0. The monoisotopic (exact) mass is 539 g/mol. The number of allylic oxidation sites excluding steroid dienone is 1. The Morgan fingerprint density at radius 3 is 2.20 bits per heavy atom. The highest BCUT2D eigenvalue weighted by molar-refractivity contribution is 6.35. The maximum Gasteiger partial charge on any atom is 0.309 e. The van der Waals surface area contributed by atoms with Crippen molar-refractivity contribution < 1.29 is 19.2 Å². The molecule has 3 aromatic carbocycles. The Morgan fingerprint density at radius 1 is 0.800 bits per heavy atom. The summed E-state index contributed by atoms with van der Waals surface area (Å²) in [6.45, 7) is 4.08. The predicted octanol–water partition coefficient (Wildman–Crippen LogP) is 5.09. The normalized spacial score (nSPS) is 13.9. The minimum absolute atomic E-state index is 0.0325. The number of Topliss-reactive ketones (excluding diaryl/α,β-unsaturated/α-hetero) is 1. The van der Waals surface area contributed by atoms with Crippen molar-refractivity contribution in [3.63, 3.8) is 0 Å². The summed E-state index contributed by atoms with van der Waals surface area (Å²) in [6.07, 6.45) is 6.10. The van der Waals surface area contributed by atoms with Crippen LogP contribution >= 0.6 is 0 Å². The highest BCUT2D eigenvalue weighted by Crippen LogP contribution is 2.46. The Bertz CT molecular complexity index is 1440. The maximum atomic E-state index is 13.4. The molecule has 3 aromatic rings. The van der Waals surface area contributed by atoms with Gasteiger partial charge in [-0.15, -0.1) is 0 Å². The second-order valence-electron chi connectivity index (χ2n) is 10.3. The molecule has 1 aliphatic rings. The van der Waals surface area contributed by atoms with E-state index in [2.05, 4.69) is 46.3 Å². The minimum Gasteiger partial charge on any atom is -0.344 e. The Labute approximate surface area is 235 Å². The van der Waals surface area contributed by atoms with E-state index in [9.17, 15) is 19.2 Å². The standard InChI is InChI=1S/C33H37N3O4/c1-3-9-24(29(37)10-4-2)17-20-34-31(39)32(40)35-22-26-13-7-8-14-28(26)30(38)36-33(18-19-33)27-16-15-23-11-5-6-12-25(23)21-27/h5-8,11-17,21H,3-4,9-10,18-20,22H2,1-2H3,(H,34,39)(H,35,40)(H,36,38)/b24-17+. The van der Waals surface area contributed by atoms with Crippen LogP contribution in [0.4, 0.5) is 0 Å². The summed E-state index contributed by atoms with van der Waals surface area (Å²) in [4.78, 5) is 50.4. The molecule has 4 rings (SSSR count). The summed E-state index contributed by atoms with van der Waals surface area (Å²) < 4.78 is 0. The lowest BCUT2D eigenvalue weighted by Crippen LogP contribution is -2.40. The molecule has 0 spiro atoms. The average Bonchev–Trinajstić information content (AvgIpc) is 3.75. The van der Waals surface area contributed by atoms with Gasteiger partial charge in [0.1, 0.15) is 0 Å². The lowest BCUT2D eigenvalue weighted by molar-refractivity contribution is -0.139. The summed E-state index contributed by atoms with van der Waals surface area (Å²) >= 11 is 0. The van der Waals surface area contributed by atoms with E-state index < -0.39 is 17.4 Å². The molecular formula is C33H37N3O4. The molecule has 0 aliphatic heterocycles. The number of carbonyl (C=O) groups excluding carboxylic acids is 4. The second kappa shape index (κ2) is 13.2. The second-order valence-corrected chi connectivity index (χ2v) is 10.3. The van der Waals surface area contributed by atoms with Crippen LogP contribution in [0.5, 0.6) is 0 Å². The summed E-state index contributed by atoms with van der Waals surface area (Å²) in [5.74, 6) is -1.72. The van der Waals surface area contributed by atoms with Gasteiger partial charge >= 0.3 is 11.8 Å². The van der Waals surface area contributed by atoms with E-state index in [0.29, 0.717) is 29.5 Å². The summed E-state index contributed by atoms with van der Waals surface area (Å²) in [5, 5.41) is 10.7. The fourth-order valence-corrected chi connectivity index (χ4v) is 4.89. The van der Waals surface area contributed by atoms with Gasteiger partial charge in [-0.3, -0.25) is 19.2 Å².